The lowest BCUT2D eigenvalue weighted by Crippen LogP contribution is -2.38. The third-order valence-electron chi connectivity index (χ3n) is 3.85. The summed E-state index contributed by atoms with van der Waals surface area (Å²) in [5.41, 5.74) is 1.54. The number of hydrogen-bond acceptors (Lipinski definition) is 4. The quantitative estimate of drug-likeness (QED) is 0.574. The molecule has 7 heteroatoms. The monoisotopic (exact) mass is 397 g/mol. The van der Waals surface area contributed by atoms with Crippen molar-refractivity contribution in [2.24, 2.45) is 5.92 Å². The second-order valence-corrected chi connectivity index (χ2v) is 7.00. The van der Waals surface area contributed by atoms with Crippen LogP contribution in [0.5, 0.6) is 5.75 Å². The van der Waals surface area contributed by atoms with Crippen LogP contribution in [0.3, 0.4) is 0 Å². The van der Waals surface area contributed by atoms with Crippen molar-refractivity contribution in [3.63, 3.8) is 0 Å². The minimum absolute atomic E-state index is 0.0402. The van der Waals surface area contributed by atoms with Crippen molar-refractivity contribution in [1.82, 2.24) is 10.6 Å². The van der Waals surface area contributed by atoms with Crippen LogP contribution in [-0.2, 0) is 20.9 Å². The predicted molar refractivity (Wildman–Crippen MR) is 111 cm³/mol. The molecule has 0 unspecified atom stereocenters. The van der Waals surface area contributed by atoms with E-state index in [1.165, 1.54) is 0 Å². The van der Waals surface area contributed by atoms with Gasteiger partial charge in [-0.25, -0.2) is 0 Å². The van der Waals surface area contributed by atoms with Crippen LogP contribution in [0, 0.1) is 5.92 Å². The summed E-state index contributed by atoms with van der Waals surface area (Å²) in [6.07, 6.45) is 0.453. The molecular formula is C22H27N3O4. The van der Waals surface area contributed by atoms with E-state index in [2.05, 4.69) is 16.0 Å². The molecule has 29 heavy (non-hydrogen) atoms. The number of amides is 3. The van der Waals surface area contributed by atoms with Gasteiger partial charge >= 0.3 is 0 Å². The fourth-order valence-corrected chi connectivity index (χ4v) is 2.50. The number of para-hydroxylation sites is 1. The largest absolute Gasteiger partial charge is 0.484 e. The van der Waals surface area contributed by atoms with Gasteiger partial charge < -0.3 is 20.7 Å². The van der Waals surface area contributed by atoms with Gasteiger partial charge in [-0.1, -0.05) is 44.2 Å². The Hall–Kier alpha value is -3.35. The van der Waals surface area contributed by atoms with Crippen LogP contribution in [0.15, 0.2) is 54.6 Å². The molecule has 0 aliphatic heterocycles. The third kappa shape index (κ3) is 8.92. The van der Waals surface area contributed by atoms with Gasteiger partial charge in [-0.15, -0.1) is 0 Å². The smallest absolute Gasteiger partial charge is 0.258 e. The topological polar surface area (TPSA) is 96.5 Å². The van der Waals surface area contributed by atoms with Crippen LogP contribution in [-0.4, -0.2) is 30.9 Å². The van der Waals surface area contributed by atoms with Gasteiger partial charge in [-0.2, -0.15) is 0 Å². The van der Waals surface area contributed by atoms with Crippen LogP contribution in [0.1, 0.15) is 25.8 Å². The van der Waals surface area contributed by atoms with Crippen molar-refractivity contribution < 1.29 is 19.1 Å². The number of anilines is 1. The van der Waals surface area contributed by atoms with Gasteiger partial charge in [-0.3, -0.25) is 14.4 Å². The van der Waals surface area contributed by atoms with Gasteiger partial charge in [-0.05, 0) is 35.7 Å². The van der Waals surface area contributed by atoms with Gasteiger partial charge in [0.1, 0.15) is 5.75 Å². The van der Waals surface area contributed by atoms with Crippen molar-refractivity contribution in [1.29, 1.82) is 0 Å². The van der Waals surface area contributed by atoms with Crippen molar-refractivity contribution in [2.45, 2.75) is 26.8 Å². The van der Waals surface area contributed by atoms with Crippen molar-refractivity contribution in [2.75, 3.05) is 18.5 Å². The summed E-state index contributed by atoms with van der Waals surface area (Å²) in [6.45, 7) is 3.97. The second-order valence-electron chi connectivity index (χ2n) is 7.00. The van der Waals surface area contributed by atoms with Gasteiger partial charge in [0.2, 0.25) is 11.8 Å². The Morgan fingerprint density at radius 1 is 0.897 bits per heavy atom. The molecule has 0 radical (unpaired) electrons. The second kappa shape index (κ2) is 11.5. The average molecular weight is 397 g/mol. The van der Waals surface area contributed by atoms with Crippen LogP contribution in [0.25, 0.3) is 0 Å². The molecule has 0 aliphatic rings. The van der Waals surface area contributed by atoms with E-state index in [0.717, 1.165) is 5.56 Å². The Balaban J connectivity index is 1.70. The van der Waals surface area contributed by atoms with Gasteiger partial charge in [0, 0.05) is 18.7 Å². The maximum atomic E-state index is 11.9. The molecule has 0 fully saturated rings. The first-order chi connectivity index (χ1) is 13.9. The first kappa shape index (κ1) is 21.9. The van der Waals surface area contributed by atoms with E-state index in [4.69, 9.17) is 4.74 Å². The van der Waals surface area contributed by atoms with Crippen LogP contribution >= 0.6 is 0 Å². The molecule has 2 aromatic carbocycles. The number of carbonyl (C=O) groups excluding carboxylic acids is 3. The molecular weight excluding hydrogens is 370 g/mol. The Labute approximate surface area is 170 Å². The molecule has 3 N–H and O–H groups in total. The summed E-state index contributed by atoms with van der Waals surface area (Å²) in [6, 6.07) is 16.3. The molecule has 0 heterocycles. The molecule has 154 valence electrons. The van der Waals surface area contributed by atoms with Crippen molar-refractivity contribution >= 4 is 23.4 Å². The van der Waals surface area contributed by atoms with E-state index in [1.54, 1.807) is 18.2 Å². The average Bonchev–Trinajstić information content (AvgIpc) is 2.69. The summed E-state index contributed by atoms with van der Waals surface area (Å²) in [5, 5.41) is 8.09. The summed E-state index contributed by atoms with van der Waals surface area (Å²) in [4.78, 5) is 35.6. The zero-order valence-electron chi connectivity index (χ0n) is 16.7. The molecule has 0 aromatic heterocycles. The van der Waals surface area contributed by atoms with Crippen LogP contribution in [0.4, 0.5) is 5.69 Å². The first-order valence-corrected chi connectivity index (χ1v) is 9.52. The fourth-order valence-electron chi connectivity index (χ4n) is 2.50. The van der Waals surface area contributed by atoms with E-state index in [0.29, 0.717) is 24.4 Å². The molecule has 0 atom stereocenters. The zero-order valence-corrected chi connectivity index (χ0v) is 16.7. The van der Waals surface area contributed by atoms with Gasteiger partial charge in [0.25, 0.3) is 5.91 Å². The summed E-state index contributed by atoms with van der Waals surface area (Å²) < 4.78 is 5.32. The number of nitrogens with one attached hydrogen (secondary N) is 3. The molecule has 2 rings (SSSR count). The first-order valence-electron chi connectivity index (χ1n) is 9.52. The number of hydrogen-bond donors (Lipinski definition) is 3. The predicted octanol–water partition coefficient (Wildman–Crippen LogP) is 2.48. The number of benzene rings is 2. The highest BCUT2D eigenvalue weighted by atomic mass is 16.5. The minimum Gasteiger partial charge on any atom is -0.484 e. The van der Waals surface area contributed by atoms with Gasteiger partial charge in [0.05, 0.1) is 6.54 Å². The summed E-state index contributed by atoms with van der Waals surface area (Å²) >= 11 is 0. The zero-order chi connectivity index (χ0) is 21.1. The lowest BCUT2D eigenvalue weighted by Gasteiger charge is -2.10. The lowest BCUT2D eigenvalue weighted by molar-refractivity contribution is -0.127. The minimum atomic E-state index is -0.376. The van der Waals surface area contributed by atoms with E-state index in [9.17, 15) is 14.4 Å². The molecule has 0 aliphatic carbocycles. The summed E-state index contributed by atoms with van der Waals surface area (Å²) in [7, 11) is 0. The number of carbonyl (C=O) groups is 3. The fraction of sp³-hybridized carbons (Fsp3) is 0.318. The Morgan fingerprint density at radius 2 is 1.66 bits per heavy atom. The van der Waals surface area contributed by atoms with Crippen molar-refractivity contribution in [3.8, 4) is 5.75 Å². The Bertz CT molecular complexity index is 822. The SMILES string of the molecule is CC(C)CC(=O)Nc1cccc(CNC(=O)CNC(=O)COc2ccccc2)c1. The highest BCUT2D eigenvalue weighted by Crippen LogP contribution is 2.12. The Kier molecular flexibility index (Phi) is 8.69. The van der Waals surface area contributed by atoms with E-state index in [-0.39, 0.29) is 36.8 Å². The Morgan fingerprint density at radius 3 is 2.38 bits per heavy atom. The van der Waals surface area contributed by atoms with E-state index >= 15 is 0 Å². The van der Waals surface area contributed by atoms with Gasteiger partial charge in [0.15, 0.2) is 6.61 Å². The maximum absolute atomic E-state index is 11.9. The molecule has 0 saturated heterocycles. The number of rotatable bonds is 10. The van der Waals surface area contributed by atoms with Crippen molar-refractivity contribution in [3.05, 3.63) is 60.2 Å². The van der Waals surface area contributed by atoms with Crippen LogP contribution in [0.2, 0.25) is 0 Å². The molecule has 3 amide bonds. The van der Waals surface area contributed by atoms with E-state index < -0.39 is 0 Å². The highest BCUT2D eigenvalue weighted by Gasteiger charge is 2.08. The summed E-state index contributed by atoms with van der Waals surface area (Å²) in [5.74, 6) is 0.144. The highest BCUT2D eigenvalue weighted by molar-refractivity contribution is 5.91. The molecule has 0 bridgehead atoms. The standard InChI is InChI=1S/C22H27N3O4/c1-16(2)11-20(26)25-18-8-6-7-17(12-18)13-23-21(27)14-24-22(28)15-29-19-9-4-3-5-10-19/h3-10,12,16H,11,13-15H2,1-2H3,(H,23,27)(H,24,28)(H,25,26). The maximum Gasteiger partial charge on any atom is 0.258 e. The molecule has 0 saturated carbocycles. The lowest BCUT2D eigenvalue weighted by atomic mass is 10.1. The molecule has 0 spiro atoms. The third-order valence-corrected chi connectivity index (χ3v) is 3.85. The van der Waals surface area contributed by atoms with E-state index in [1.807, 2.05) is 50.2 Å². The molecule has 2 aromatic rings. The molecule has 7 nitrogen and oxygen atoms in total. The normalized spacial score (nSPS) is 10.3. The number of ether oxygens (including phenoxy) is 1. The van der Waals surface area contributed by atoms with Crippen LogP contribution < -0.4 is 20.7 Å².